The van der Waals surface area contributed by atoms with Crippen molar-refractivity contribution in [1.82, 2.24) is 0 Å². The second kappa shape index (κ2) is 10.8. The maximum Gasteiger partial charge on any atom is 0.306 e. The van der Waals surface area contributed by atoms with Crippen LogP contribution >= 0.6 is 0 Å². The van der Waals surface area contributed by atoms with Crippen LogP contribution in [0.4, 0.5) is 0 Å². The van der Waals surface area contributed by atoms with Gasteiger partial charge in [-0.15, -0.1) is 0 Å². The normalized spacial score (nSPS) is 14.0. The number of aliphatic carboxylic acids is 1. The van der Waals surface area contributed by atoms with E-state index in [2.05, 4.69) is 0 Å². The van der Waals surface area contributed by atoms with Gasteiger partial charge in [-0.2, -0.15) is 0 Å². The van der Waals surface area contributed by atoms with E-state index in [9.17, 15) is 15.0 Å². The fourth-order valence-corrected chi connectivity index (χ4v) is 2.52. The molecular formula is C19H28O5. The first-order valence-electron chi connectivity index (χ1n) is 8.47. The quantitative estimate of drug-likeness (QED) is 0.466. The van der Waals surface area contributed by atoms with Gasteiger partial charge in [-0.05, 0) is 43.4 Å². The van der Waals surface area contributed by atoms with Gasteiger partial charge in [0, 0.05) is 5.56 Å². The summed E-state index contributed by atoms with van der Waals surface area (Å²) >= 11 is 0. The maximum absolute atomic E-state index is 11.1. The second-order valence-electron chi connectivity index (χ2n) is 6.07. The van der Waals surface area contributed by atoms with E-state index >= 15 is 0 Å². The molecule has 134 valence electrons. The molecule has 0 radical (unpaired) electrons. The highest BCUT2D eigenvalue weighted by Crippen LogP contribution is 2.20. The maximum atomic E-state index is 11.1. The van der Waals surface area contributed by atoms with Gasteiger partial charge in [0.1, 0.15) is 5.75 Å². The number of allylic oxidation sites excluding steroid dienone is 1. The Balaban J connectivity index is 2.44. The number of carboxylic acid groups (broad SMARTS) is 1. The fraction of sp³-hybridized carbons (Fsp3) is 0.526. The largest absolute Gasteiger partial charge is 0.508 e. The van der Waals surface area contributed by atoms with Crippen molar-refractivity contribution in [2.24, 2.45) is 5.92 Å². The van der Waals surface area contributed by atoms with Crippen molar-refractivity contribution in [3.8, 4) is 5.75 Å². The number of hydrogen-bond acceptors (Lipinski definition) is 4. The van der Waals surface area contributed by atoms with Crippen LogP contribution in [-0.2, 0) is 17.8 Å². The average Bonchev–Trinajstić information content (AvgIpc) is 2.56. The van der Waals surface area contributed by atoms with Gasteiger partial charge >= 0.3 is 5.97 Å². The van der Waals surface area contributed by atoms with Gasteiger partial charge in [-0.3, -0.25) is 4.79 Å². The molecule has 0 bridgehead atoms. The van der Waals surface area contributed by atoms with Crippen LogP contribution in [-0.4, -0.2) is 32.5 Å². The van der Waals surface area contributed by atoms with E-state index in [0.717, 1.165) is 18.4 Å². The molecule has 5 heteroatoms. The molecule has 0 spiro atoms. The molecule has 0 aliphatic heterocycles. The van der Waals surface area contributed by atoms with Crippen LogP contribution in [0.15, 0.2) is 30.4 Å². The summed E-state index contributed by atoms with van der Waals surface area (Å²) in [7, 11) is 0. The van der Waals surface area contributed by atoms with E-state index in [4.69, 9.17) is 10.2 Å². The Hall–Kier alpha value is -1.85. The third kappa shape index (κ3) is 7.15. The molecule has 1 rings (SSSR count). The molecule has 1 aromatic carbocycles. The minimum absolute atomic E-state index is 0.0634. The summed E-state index contributed by atoms with van der Waals surface area (Å²) in [4.78, 5) is 11.1. The van der Waals surface area contributed by atoms with Crippen LogP contribution < -0.4 is 0 Å². The molecular weight excluding hydrogens is 308 g/mol. The number of aryl methyl sites for hydroxylation is 1. The first-order chi connectivity index (χ1) is 11.5. The molecule has 1 aromatic rings. The number of unbranched alkanes of at least 4 members (excludes halogenated alkanes) is 1. The van der Waals surface area contributed by atoms with Gasteiger partial charge in [0.15, 0.2) is 0 Å². The number of hydrogen-bond donors (Lipinski definition) is 4. The van der Waals surface area contributed by atoms with Crippen molar-refractivity contribution in [2.75, 3.05) is 0 Å². The molecule has 0 saturated heterocycles. The molecule has 2 unspecified atom stereocenters. The van der Waals surface area contributed by atoms with Gasteiger partial charge < -0.3 is 20.4 Å². The van der Waals surface area contributed by atoms with E-state index in [-0.39, 0.29) is 12.4 Å². The first-order valence-corrected chi connectivity index (χ1v) is 8.47. The van der Waals surface area contributed by atoms with E-state index in [1.807, 2.05) is 6.92 Å². The fourth-order valence-electron chi connectivity index (χ4n) is 2.52. The van der Waals surface area contributed by atoms with Crippen LogP contribution in [0.25, 0.3) is 0 Å². The van der Waals surface area contributed by atoms with Crippen molar-refractivity contribution in [2.45, 2.75) is 58.2 Å². The number of carboxylic acids is 1. The second-order valence-corrected chi connectivity index (χ2v) is 6.07. The predicted molar refractivity (Wildman–Crippen MR) is 92.8 cm³/mol. The minimum Gasteiger partial charge on any atom is -0.508 e. The van der Waals surface area contributed by atoms with E-state index in [1.54, 1.807) is 24.3 Å². The molecule has 5 nitrogen and oxygen atoms in total. The molecule has 0 aliphatic carbocycles. The SMILES string of the molecule is CCCCC(C/C=C/C(O)CCc1ccc(O)c(CO)c1)C(=O)O. The Kier molecular flexibility index (Phi) is 9.12. The molecule has 0 aromatic heterocycles. The third-order valence-corrected chi connectivity index (χ3v) is 4.08. The lowest BCUT2D eigenvalue weighted by Crippen LogP contribution is -2.13. The molecule has 0 amide bonds. The standard InChI is InChI=1S/C19H28O5/c1-2-3-5-15(19(23)24)6-4-7-17(21)10-8-14-9-11-18(22)16(12-14)13-20/h4,7,9,11-12,15,17,20-22H,2-3,5-6,8,10,13H2,1H3,(H,23,24)/b7-4+. The molecule has 0 aliphatic rings. The minimum atomic E-state index is -0.789. The Labute approximate surface area is 143 Å². The zero-order valence-electron chi connectivity index (χ0n) is 14.2. The number of phenols is 1. The van der Waals surface area contributed by atoms with Gasteiger partial charge in [0.05, 0.1) is 18.6 Å². The van der Waals surface area contributed by atoms with Crippen molar-refractivity contribution in [1.29, 1.82) is 0 Å². The Morgan fingerprint density at radius 1 is 1.29 bits per heavy atom. The smallest absolute Gasteiger partial charge is 0.306 e. The highest BCUT2D eigenvalue weighted by atomic mass is 16.4. The Bertz CT molecular complexity index is 539. The summed E-state index contributed by atoms with van der Waals surface area (Å²) in [6, 6.07) is 5.02. The van der Waals surface area contributed by atoms with Crippen LogP contribution in [0.3, 0.4) is 0 Å². The van der Waals surface area contributed by atoms with Gasteiger partial charge in [0.25, 0.3) is 0 Å². The highest BCUT2D eigenvalue weighted by Gasteiger charge is 2.14. The van der Waals surface area contributed by atoms with Crippen molar-refractivity contribution >= 4 is 5.97 Å². The van der Waals surface area contributed by atoms with Crippen molar-refractivity contribution < 1.29 is 25.2 Å². The van der Waals surface area contributed by atoms with E-state index in [1.165, 1.54) is 6.07 Å². The molecule has 0 fully saturated rings. The highest BCUT2D eigenvalue weighted by molar-refractivity contribution is 5.70. The van der Waals surface area contributed by atoms with E-state index in [0.29, 0.717) is 31.2 Å². The van der Waals surface area contributed by atoms with Crippen LogP contribution in [0, 0.1) is 5.92 Å². The Morgan fingerprint density at radius 3 is 2.67 bits per heavy atom. The van der Waals surface area contributed by atoms with E-state index < -0.39 is 18.0 Å². The summed E-state index contributed by atoms with van der Waals surface area (Å²) in [6.45, 7) is 1.81. The monoisotopic (exact) mass is 336 g/mol. The molecule has 4 N–H and O–H groups in total. The number of aliphatic hydroxyl groups is 2. The van der Waals surface area contributed by atoms with Crippen LogP contribution in [0.1, 0.15) is 50.2 Å². The summed E-state index contributed by atoms with van der Waals surface area (Å²) in [5.41, 5.74) is 1.40. The lowest BCUT2D eigenvalue weighted by Gasteiger charge is -2.10. The molecule has 0 saturated carbocycles. The number of carbonyl (C=O) groups is 1. The van der Waals surface area contributed by atoms with Gasteiger partial charge in [-0.1, -0.05) is 38.0 Å². The summed E-state index contributed by atoms with van der Waals surface area (Å²) in [6.07, 6.45) is 6.81. The third-order valence-electron chi connectivity index (χ3n) is 4.08. The average molecular weight is 336 g/mol. The molecule has 0 heterocycles. The van der Waals surface area contributed by atoms with Gasteiger partial charge in [0.2, 0.25) is 0 Å². The van der Waals surface area contributed by atoms with Crippen molar-refractivity contribution in [3.63, 3.8) is 0 Å². The predicted octanol–water partition coefficient (Wildman–Crippen LogP) is 3.02. The zero-order valence-corrected chi connectivity index (χ0v) is 14.2. The lowest BCUT2D eigenvalue weighted by atomic mass is 9.98. The van der Waals surface area contributed by atoms with Crippen LogP contribution in [0.2, 0.25) is 0 Å². The molecule has 2 atom stereocenters. The number of aromatic hydroxyl groups is 1. The zero-order chi connectivity index (χ0) is 17.9. The van der Waals surface area contributed by atoms with Gasteiger partial charge in [-0.25, -0.2) is 0 Å². The van der Waals surface area contributed by atoms with Crippen LogP contribution in [0.5, 0.6) is 5.75 Å². The van der Waals surface area contributed by atoms with Crippen molar-refractivity contribution in [3.05, 3.63) is 41.5 Å². The number of benzene rings is 1. The summed E-state index contributed by atoms with van der Waals surface area (Å²) < 4.78 is 0. The summed E-state index contributed by atoms with van der Waals surface area (Å²) in [5.74, 6) is -1.12. The summed E-state index contributed by atoms with van der Waals surface area (Å²) in [5, 5.41) is 37.8. The lowest BCUT2D eigenvalue weighted by molar-refractivity contribution is -0.141. The Morgan fingerprint density at radius 2 is 2.04 bits per heavy atom. The molecule has 24 heavy (non-hydrogen) atoms. The number of aliphatic hydroxyl groups excluding tert-OH is 2. The topological polar surface area (TPSA) is 98.0 Å². The number of rotatable bonds is 11. The first kappa shape index (κ1) is 20.2.